The van der Waals surface area contributed by atoms with Crippen LogP contribution < -0.4 is 5.32 Å². The second-order valence-electron chi connectivity index (χ2n) is 7.06. The van der Waals surface area contributed by atoms with Gasteiger partial charge in [-0.25, -0.2) is 0 Å². The van der Waals surface area contributed by atoms with Gasteiger partial charge in [0.05, 0.1) is 5.69 Å². The monoisotopic (exact) mass is 339 g/mol. The summed E-state index contributed by atoms with van der Waals surface area (Å²) >= 11 is 0. The second-order valence-corrected chi connectivity index (χ2v) is 7.06. The highest BCUT2D eigenvalue weighted by molar-refractivity contribution is 5.91. The molecular weight excluding hydrogens is 310 g/mol. The van der Waals surface area contributed by atoms with E-state index in [1.165, 1.54) is 11.1 Å². The van der Waals surface area contributed by atoms with Crippen LogP contribution in [0.1, 0.15) is 48.7 Å². The van der Waals surface area contributed by atoms with Crippen molar-refractivity contribution in [3.63, 3.8) is 0 Å². The maximum absolute atomic E-state index is 12.3. The Morgan fingerprint density at radius 2 is 1.92 bits per heavy atom. The second kappa shape index (κ2) is 8.77. The highest BCUT2D eigenvalue weighted by Crippen LogP contribution is 2.23. The molecule has 1 N–H and O–H groups in total. The van der Waals surface area contributed by atoms with Gasteiger partial charge in [0.2, 0.25) is 5.91 Å². The standard InChI is InChI=1S/C21H29N3O/c1-15(2)19-8-6-7-9-20(19)23-21(25)10-11-24(5)14-18-13-16(3)12-17(4)22-18/h6-9,12-13,15H,10-11,14H2,1-5H3,(H,23,25). The van der Waals surface area contributed by atoms with Crippen molar-refractivity contribution in [3.05, 3.63) is 58.9 Å². The van der Waals surface area contributed by atoms with Crippen LogP contribution in [0.4, 0.5) is 5.69 Å². The van der Waals surface area contributed by atoms with Gasteiger partial charge in [-0.2, -0.15) is 0 Å². The molecule has 0 aliphatic rings. The van der Waals surface area contributed by atoms with E-state index in [9.17, 15) is 4.79 Å². The van der Waals surface area contributed by atoms with Crippen LogP contribution >= 0.6 is 0 Å². The van der Waals surface area contributed by atoms with Gasteiger partial charge < -0.3 is 10.2 Å². The van der Waals surface area contributed by atoms with E-state index in [1.54, 1.807) is 0 Å². The van der Waals surface area contributed by atoms with Crippen LogP contribution in [0.5, 0.6) is 0 Å². The third kappa shape index (κ3) is 5.98. The number of pyridine rings is 1. The molecule has 1 amide bonds. The number of hydrogen-bond donors (Lipinski definition) is 1. The van der Waals surface area contributed by atoms with Gasteiger partial charge in [-0.1, -0.05) is 32.0 Å². The lowest BCUT2D eigenvalue weighted by molar-refractivity contribution is -0.116. The van der Waals surface area contributed by atoms with E-state index >= 15 is 0 Å². The van der Waals surface area contributed by atoms with Crippen molar-refractivity contribution in [2.75, 3.05) is 18.9 Å². The Morgan fingerprint density at radius 3 is 2.60 bits per heavy atom. The van der Waals surface area contributed by atoms with Gasteiger partial charge in [0.15, 0.2) is 0 Å². The zero-order chi connectivity index (χ0) is 18.4. The first-order valence-corrected chi connectivity index (χ1v) is 8.86. The number of amides is 1. The maximum Gasteiger partial charge on any atom is 0.225 e. The number of aromatic nitrogens is 1. The predicted molar refractivity (Wildman–Crippen MR) is 104 cm³/mol. The topological polar surface area (TPSA) is 45.2 Å². The van der Waals surface area contributed by atoms with Crippen molar-refractivity contribution >= 4 is 11.6 Å². The van der Waals surface area contributed by atoms with Crippen molar-refractivity contribution in [2.24, 2.45) is 0 Å². The average molecular weight is 339 g/mol. The number of carbonyl (C=O) groups is 1. The largest absolute Gasteiger partial charge is 0.326 e. The summed E-state index contributed by atoms with van der Waals surface area (Å²) in [6, 6.07) is 12.2. The summed E-state index contributed by atoms with van der Waals surface area (Å²) < 4.78 is 0. The Bertz CT molecular complexity index is 705. The van der Waals surface area contributed by atoms with E-state index in [0.29, 0.717) is 18.9 Å². The highest BCUT2D eigenvalue weighted by atomic mass is 16.1. The van der Waals surface area contributed by atoms with Crippen LogP contribution in [-0.4, -0.2) is 29.4 Å². The molecule has 1 aromatic heterocycles. The van der Waals surface area contributed by atoms with Gasteiger partial charge in [-0.15, -0.1) is 0 Å². The molecule has 0 spiro atoms. The fourth-order valence-corrected chi connectivity index (χ4v) is 2.98. The summed E-state index contributed by atoms with van der Waals surface area (Å²) in [5, 5.41) is 3.05. The summed E-state index contributed by atoms with van der Waals surface area (Å²) in [5.74, 6) is 0.433. The number of anilines is 1. The molecular formula is C21H29N3O. The van der Waals surface area contributed by atoms with Gasteiger partial charge in [0.1, 0.15) is 0 Å². The minimum absolute atomic E-state index is 0.0494. The third-order valence-corrected chi connectivity index (χ3v) is 4.16. The maximum atomic E-state index is 12.3. The van der Waals surface area contributed by atoms with Crippen LogP contribution in [-0.2, 0) is 11.3 Å². The molecule has 25 heavy (non-hydrogen) atoms. The third-order valence-electron chi connectivity index (χ3n) is 4.16. The van der Waals surface area contributed by atoms with Crippen molar-refractivity contribution in [1.29, 1.82) is 0 Å². The van der Waals surface area contributed by atoms with E-state index in [1.807, 2.05) is 32.2 Å². The molecule has 1 heterocycles. The molecule has 0 radical (unpaired) electrons. The van der Waals surface area contributed by atoms with E-state index in [-0.39, 0.29) is 5.91 Å². The smallest absolute Gasteiger partial charge is 0.225 e. The normalized spacial score (nSPS) is 11.2. The molecule has 0 bridgehead atoms. The van der Waals surface area contributed by atoms with Gasteiger partial charge in [-0.05, 0) is 56.1 Å². The molecule has 1 aromatic carbocycles. The molecule has 0 aliphatic heterocycles. The molecule has 0 atom stereocenters. The quantitative estimate of drug-likeness (QED) is 0.819. The number of aryl methyl sites for hydroxylation is 2. The first-order chi connectivity index (χ1) is 11.8. The highest BCUT2D eigenvalue weighted by Gasteiger charge is 2.10. The summed E-state index contributed by atoms with van der Waals surface area (Å²) in [4.78, 5) is 19.0. The number of nitrogens with one attached hydrogen (secondary N) is 1. The molecule has 2 rings (SSSR count). The lowest BCUT2D eigenvalue weighted by atomic mass is 10.0. The first kappa shape index (κ1) is 19.1. The molecule has 2 aromatic rings. The average Bonchev–Trinajstić information content (AvgIpc) is 2.52. The van der Waals surface area contributed by atoms with Crippen LogP contribution in [0, 0.1) is 13.8 Å². The molecule has 0 aliphatic carbocycles. The number of carbonyl (C=O) groups excluding carboxylic acids is 1. The van der Waals surface area contributed by atoms with E-state index < -0.39 is 0 Å². The predicted octanol–water partition coefficient (Wildman–Crippen LogP) is 4.28. The Hall–Kier alpha value is -2.20. The minimum Gasteiger partial charge on any atom is -0.326 e. The summed E-state index contributed by atoms with van der Waals surface area (Å²) in [7, 11) is 2.02. The van der Waals surface area contributed by atoms with Crippen molar-refractivity contribution in [2.45, 2.75) is 46.6 Å². The SMILES string of the molecule is Cc1cc(C)nc(CN(C)CCC(=O)Nc2ccccc2C(C)C)c1. The molecule has 4 heteroatoms. The fraction of sp³-hybridized carbons (Fsp3) is 0.429. The Labute approximate surface area is 151 Å². The number of para-hydroxylation sites is 1. The molecule has 134 valence electrons. The van der Waals surface area contributed by atoms with Crippen molar-refractivity contribution in [3.8, 4) is 0 Å². The molecule has 4 nitrogen and oxygen atoms in total. The number of rotatable bonds is 7. The summed E-state index contributed by atoms with van der Waals surface area (Å²) in [6.07, 6.45) is 0.466. The van der Waals surface area contributed by atoms with Crippen LogP contribution in [0.3, 0.4) is 0 Å². The van der Waals surface area contributed by atoms with Crippen LogP contribution in [0.2, 0.25) is 0 Å². The van der Waals surface area contributed by atoms with E-state index in [0.717, 1.165) is 23.6 Å². The molecule has 0 unspecified atom stereocenters. The summed E-state index contributed by atoms with van der Waals surface area (Å²) in [6.45, 7) is 9.81. The number of nitrogens with zero attached hydrogens (tertiary/aromatic N) is 2. The van der Waals surface area contributed by atoms with E-state index in [4.69, 9.17) is 0 Å². The number of benzene rings is 1. The zero-order valence-electron chi connectivity index (χ0n) is 16.0. The first-order valence-electron chi connectivity index (χ1n) is 8.86. The van der Waals surface area contributed by atoms with Crippen molar-refractivity contribution < 1.29 is 4.79 Å². The Balaban J connectivity index is 1.87. The minimum atomic E-state index is 0.0494. The van der Waals surface area contributed by atoms with Crippen LogP contribution in [0.15, 0.2) is 36.4 Å². The number of hydrogen-bond acceptors (Lipinski definition) is 3. The molecule has 0 fully saturated rings. The zero-order valence-corrected chi connectivity index (χ0v) is 16.0. The molecule has 0 saturated heterocycles. The van der Waals surface area contributed by atoms with Gasteiger partial charge in [-0.3, -0.25) is 9.78 Å². The lowest BCUT2D eigenvalue weighted by Gasteiger charge is -2.17. The van der Waals surface area contributed by atoms with Crippen LogP contribution in [0.25, 0.3) is 0 Å². The van der Waals surface area contributed by atoms with Crippen molar-refractivity contribution in [1.82, 2.24) is 9.88 Å². The van der Waals surface area contributed by atoms with Gasteiger partial charge >= 0.3 is 0 Å². The Morgan fingerprint density at radius 1 is 1.20 bits per heavy atom. The Kier molecular flexibility index (Phi) is 6.71. The van der Waals surface area contributed by atoms with E-state index in [2.05, 4.69) is 54.2 Å². The van der Waals surface area contributed by atoms with Gasteiger partial charge in [0, 0.05) is 30.9 Å². The molecule has 0 saturated carbocycles. The fourth-order valence-electron chi connectivity index (χ4n) is 2.98. The van der Waals surface area contributed by atoms with Gasteiger partial charge in [0.25, 0.3) is 0 Å². The lowest BCUT2D eigenvalue weighted by Crippen LogP contribution is -2.24. The summed E-state index contributed by atoms with van der Waals surface area (Å²) in [5.41, 5.74) is 5.39.